The van der Waals surface area contributed by atoms with Crippen molar-refractivity contribution < 1.29 is 9.53 Å². The van der Waals surface area contributed by atoms with Crippen LogP contribution in [0.4, 0.5) is 5.69 Å². The van der Waals surface area contributed by atoms with Gasteiger partial charge in [-0.25, -0.2) is 0 Å². The molecule has 1 N–H and O–H groups in total. The maximum Gasteiger partial charge on any atom is 0.253 e. The number of halogens is 1. The third-order valence-corrected chi connectivity index (χ3v) is 3.33. The largest absolute Gasteiger partial charge is 0.497 e. The number of pyridine rings is 1. The molecule has 110 valence electrons. The van der Waals surface area contributed by atoms with Crippen molar-refractivity contribution in [3.05, 3.63) is 56.9 Å². The average molecular weight is 351 g/mol. The lowest BCUT2D eigenvalue weighted by atomic mass is 10.3. The molecule has 1 heterocycles. The molecule has 0 unspecified atom stereocenters. The SMILES string of the molecule is COc1cccc(NC(=O)Cn2cc(Br)cc(C)c2=O)c1. The first kappa shape index (κ1) is 15.3. The Labute approximate surface area is 130 Å². The van der Waals surface area contributed by atoms with E-state index in [4.69, 9.17) is 4.74 Å². The van der Waals surface area contributed by atoms with Crippen molar-refractivity contribution in [2.24, 2.45) is 0 Å². The molecule has 0 radical (unpaired) electrons. The molecule has 0 bridgehead atoms. The minimum atomic E-state index is -0.275. The van der Waals surface area contributed by atoms with Crippen LogP contribution in [0.2, 0.25) is 0 Å². The summed E-state index contributed by atoms with van der Waals surface area (Å²) in [6.45, 7) is 1.67. The minimum absolute atomic E-state index is 0.0453. The van der Waals surface area contributed by atoms with Gasteiger partial charge in [0.2, 0.25) is 5.91 Å². The molecule has 2 aromatic rings. The van der Waals surface area contributed by atoms with Gasteiger partial charge >= 0.3 is 0 Å². The summed E-state index contributed by atoms with van der Waals surface area (Å²) in [5.41, 5.74) is 1.02. The van der Waals surface area contributed by atoms with Crippen LogP contribution in [0.25, 0.3) is 0 Å². The molecule has 0 atom stereocenters. The van der Waals surface area contributed by atoms with Gasteiger partial charge in [-0.2, -0.15) is 0 Å². The molecular weight excluding hydrogens is 336 g/mol. The summed E-state index contributed by atoms with van der Waals surface area (Å²) in [6, 6.07) is 8.77. The number of hydrogen-bond donors (Lipinski definition) is 1. The molecule has 1 aromatic heterocycles. The Morgan fingerprint density at radius 1 is 1.38 bits per heavy atom. The Balaban J connectivity index is 2.13. The van der Waals surface area contributed by atoms with Crippen molar-refractivity contribution in [3.8, 4) is 5.75 Å². The zero-order valence-electron chi connectivity index (χ0n) is 11.7. The number of ether oxygens (including phenoxy) is 1. The van der Waals surface area contributed by atoms with Gasteiger partial charge in [0.15, 0.2) is 0 Å². The fourth-order valence-electron chi connectivity index (χ4n) is 1.91. The summed E-state index contributed by atoms with van der Waals surface area (Å²) in [4.78, 5) is 24.0. The van der Waals surface area contributed by atoms with Crippen molar-refractivity contribution in [3.63, 3.8) is 0 Å². The lowest BCUT2D eigenvalue weighted by Gasteiger charge is -2.09. The molecule has 0 fully saturated rings. The van der Waals surface area contributed by atoms with Crippen molar-refractivity contribution in [2.75, 3.05) is 12.4 Å². The fraction of sp³-hybridized carbons (Fsp3) is 0.200. The number of carbonyl (C=O) groups excluding carboxylic acids is 1. The van der Waals surface area contributed by atoms with Crippen LogP contribution in [0.1, 0.15) is 5.56 Å². The minimum Gasteiger partial charge on any atom is -0.497 e. The second-order valence-electron chi connectivity index (χ2n) is 4.55. The number of aryl methyl sites for hydroxylation is 1. The predicted octanol–water partition coefficient (Wildman–Crippen LogP) is 2.57. The standard InChI is InChI=1S/C15H15BrN2O3/c1-10-6-11(16)8-18(15(10)20)9-14(19)17-12-4-3-5-13(7-12)21-2/h3-8H,9H2,1-2H3,(H,17,19). The van der Waals surface area contributed by atoms with Gasteiger partial charge in [-0.05, 0) is 41.1 Å². The molecule has 0 saturated carbocycles. The van der Waals surface area contributed by atoms with Crippen LogP contribution in [-0.2, 0) is 11.3 Å². The van der Waals surface area contributed by atoms with Crippen LogP contribution in [0, 0.1) is 6.92 Å². The quantitative estimate of drug-likeness (QED) is 0.921. The van der Waals surface area contributed by atoms with Gasteiger partial charge in [0.1, 0.15) is 12.3 Å². The van der Waals surface area contributed by atoms with E-state index in [-0.39, 0.29) is 18.0 Å². The Kier molecular flexibility index (Phi) is 4.80. The maximum absolute atomic E-state index is 12.0. The lowest BCUT2D eigenvalue weighted by molar-refractivity contribution is -0.116. The van der Waals surface area contributed by atoms with Crippen LogP contribution < -0.4 is 15.6 Å². The van der Waals surface area contributed by atoms with Gasteiger partial charge < -0.3 is 14.6 Å². The van der Waals surface area contributed by atoms with Crippen molar-refractivity contribution in [2.45, 2.75) is 13.5 Å². The molecule has 0 aliphatic rings. The molecule has 2 rings (SSSR count). The average Bonchev–Trinajstić information content (AvgIpc) is 2.44. The first-order valence-corrected chi connectivity index (χ1v) is 7.09. The number of anilines is 1. The van der Waals surface area contributed by atoms with Gasteiger partial charge in [0.05, 0.1) is 7.11 Å². The highest BCUT2D eigenvalue weighted by Crippen LogP contribution is 2.16. The van der Waals surface area contributed by atoms with Crippen molar-refractivity contribution in [1.29, 1.82) is 0 Å². The number of carbonyl (C=O) groups is 1. The van der Waals surface area contributed by atoms with E-state index in [9.17, 15) is 9.59 Å². The third kappa shape index (κ3) is 3.95. The van der Waals surface area contributed by atoms with Gasteiger partial charge in [0.25, 0.3) is 5.56 Å². The fourth-order valence-corrected chi connectivity index (χ4v) is 2.50. The van der Waals surface area contributed by atoms with E-state index in [0.717, 1.165) is 4.47 Å². The number of nitrogens with one attached hydrogen (secondary N) is 1. The first-order valence-electron chi connectivity index (χ1n) is 6.30. The highest BCUT2D eigenvalue weighted by molar-refractivity contribution is 9.10. The summed E-state index contributed by atoms with van der Waals surface area (Å²) >= 11 is 3.31. The molecular formula is C15H15BrN2O3. The highest BCUT2D eigenvalue weighted by atomic mass is 79.9. The van der Waals surface area contributed by atoms with E-state index >= 15 is 0 Å². The molecule has 21 heavy (non-hydrogen) atoms. The number of amides is 1. The molecule has 0 aliphatic carbocycles. The van der Waals surface area contributed by atoms with Gasteiger partial charge in [0, 0.05) is 28.0 Å². The molecule has 0 spiro atoms. The smallest absolute Gasteiger partial charge is 0.253 e. The van der Waals surface area contributed by atoms with Crippen LogP contribution in [0.3, 0.4) is 0 Å². The van der Waals surface area contributed by atoms with E-state index in [1.54, 1.807) is 50.6 Å². The van der Waals surface area contributed by atoms with Crippen molar-refractivity contribution >= 4 is 27.5 Å². The topological polar surface area (TPSA) is 60.3 Å². The lowest BCUT2D eigenvalue weighted by Crippen LogP contribution is -2.28. The van der Waals surface area contributed by atoms with Gasteiger partial charge in [-0.15, -0.1) is 0 Å². The predicted molar refractivity (Wildman–Crippen MR) is 84.8 cm³/mol. The number of hydrogen-bond acceptors (Lipinski definition) is 3. The third-order valence-electron chi connectivity index (χ3n) is 2.90. The maximum atomic E-state index is 12.0. The Morgan fingerprint density at radius 3 is 2.86 bits per heavy atom. The van der Waals surface area contributed by atoms with Crippen LogP contribution in [-0.4, -0.2) is 17.6 Å². The molecule has 0 saturated heterocycles. The van der Waals surface area contributed by atoms with Crippen LogP contribution in [0.5, 0.6) is 5.75 Å². The molecule has 1 amide bonds. The number of benzene rings is 1. The molecule has 6 heteroatoms. The summed E-state index contributed by atoms with van der Waals surface area (Å²) in [5.74, 6) is 0.381. The van der Waals surface area contributed by atoms with Gasteiger partial charge in [-0.3, -0.25) is 9.59 Å². The van der Waals surface area contributed by atoms with Crippen LogP contribution in [0.15, 0.2) is 45.8 Å². The van der Waals surface area contributed by atoms with Crippen molar-refractivity contribution in [1.82, 2.24) is 4.57 Å². The highest BCUT2D eigenvalue weighted by Gasteiger charge is 2.08. The van der Waals surface area contributed by atoms with Gasteiger partial charge in [-0.1, -0.05) is 6.07 Å². The second-order valence-corrected chi connectivity index (χ2v) is 5.47. The number of methoxy groups -OCH3 is 1. The second kappa shape index (κ2) is 6.58. The van der Waals surface area contributed by atoms with Crippen LogP contribution >= 0.6 is 15.9 Å². The Hall–Kier alpha value is -2.08. The summed E-state index contributed by atoms with van der Waals surface area (Å²) in [7, 11) is 1.56. The first-order chi connectivity index (χ1) is 9.99. The number of aromatic nitrogens is 1. The zero-order valence-corrected chi connectivity index (χ0v) is 13.3. The van der Waals surface area contributed by atoms with E-state index in [2.05, 4.69) is 21.2 Å². The molecule has 0 aliphatic heterocycles. The number of rotatable bonds is 4. The Bertz CT molecular complexity index is 725. The van der Waals surface area contributed by atoms with E-state index < -0.39 is 0 Å². The summed E-state index contributed by atoms with van der Waals surface area (Å²) in [5, 5.41) is 2.74. The van der Waals surface area contributed by atoms with E-state index in [1.807, 2.05) is 0 Å². The molecule has 5 nitrogen and oxygen atoms in total. The summed E-state index contributed by atoms with van der Waals surface area (Å²) < 4.78 is 7.22. The number of nitrogens with zero attached hydrogens (tertiary/aromatic N) is 1. The normalized spacial score (nSPS) is 10.2. The Morgan fingerprint density at radius 2 is 2.14 bits per heavy atom. The monoisotopic (exact) mass is 350 g/mol. The molecule has 1 aromatic carbocycles. The van der Waals surface area contributed by atoms with E-state index in [0.29, 0.717) is 17.0 Å². The van der Waals surface area contributed by atoms with E-state index in [1.165, 1.54) is 4.57 Å². The zero-order chi connectivity index (χ0) is 15.4. The summed E-state index contributed by atoms with van der Waals surface area (Å²) in [6.07, 6.45) is 1.60.